The lowest BCUT2D eigenvalue weighted by Gasteiger charge is -2.12. The molecule has 0 radical (unpaired) electrons. The molecule has 1 aromatic rings. The lowest BCUT2D eigenvalue weighted by molar-refractivity contribution is 0.159. The van der Waals surface area contributed by atoms with Crippen molar-refractivity contribution >= 4 is 0 Å². The van der Waals surface area contributed by atoms with Gasteiger partial charge in [-0.2, -0.15) is 5.26 Å². The summed E-state index contributed by atoms with van der Waals surface area (Å²) in [4.78, 5) is 0. The van der Waals surface area contributed by atoms with Crippen LogP contribution >= 0.6 is 0 Å². The largest absolute Gasteiger partial charge is 0.419 e. The molecule has 1 atom stereocenters. The normalized spacial score (nSPS) is 11.9. The van der Waals surface area contributed by atoms with Crippen molar-refractivity contribution in [2.24, 2.45) is 0 Å². The summed E-state index contributed by atoms with van der Waals surface area (Å²) in [5.41, 5.74) is 1.30. The molecule has 0 fully saturated rings. The topological polar surface area (TPSA) is 33.0 Å². The number of rotatable bonds is 3. The molecule has 0 N–H and O–H groups in total. The van der Waals surface area contributed by atoms with Crippen molar-refractivity contribution in [1.82, 2.24) is 0 Å². The molecule has 74 valence electrons. The predicted molar refractivity (Wildman–Crippen MR) is 50.9 cm³/mol. The van der Waals surface area contributed by atoms with E-state index in [1.54, 1.807) is 25.3 Å². The van der Waals surface area contributed by atoms with Crippen LogP contribution in [0.1, 0.15) is 30.6 Å². The minimum Gasteiger partial charge on any atom is -0.419 e. The summed E-state index contributed by atoms with van der Waals surface area (Å²) in [6.07, 6.45) is 1.94. The number of aryl methyl sites for hydroxylation is 1. The van der Waals surface area contributed by atoms with Crippen molar-refractivity contribution in [3.8, 4) is 6.26 Å². The molecule has 14 heavy (non-hydrogen) atoms. The van der Waals surface area contributed by atoms with E-state index in [4.69, 9.17) is 10.00 Å². The molecule has 0 aliphatic heterocycles. The van der Waals surface area contributed by atoms with Gasteiger partial charge < -0.3 is 4.74 Å². The Morgan fingerprint density at radius 3 is 2.79 bits per heavy atom. The Hall–Kier alpha value is -1.56. The third-order valence-electron chi connectivity index (χ3n) is 2.13. The second-order valence-corrected chi connectivity index (χ2v) is 3.11. The van der Waals surface area contributed by atoms with Crippen LogP contribution in [0.4, 0.5) is 4.39 Å². The first-order chi connectivity index (χ1) is 6.69. The molecule has 0 spiro atoms. The number of benzene rings is 1. The van der Waals surface area contributed by atoms with E-state index >= 15 is 0 Å². The molecule has 0 heterocycles. The minimum atomic E-state index is -0.338. The van der Waals surface area contributed by atoms with Gasteiger partial charge >= 0.3 is 0 Å². The van der Waals surface area contributed by atoms with Crippen molar-refractivity contribution in [3.05, 3.63) is 35.1 Å². The van der Waals surface area contributed by atoms with Gasteiger partial charge in [0.25, 0.3) is 6.26 Å². The van der Waals surface area contributed by atoms with E-state index in [0.717, 1.165) is 0 Å². The second kappa shape index (κ2) is 4.61. The van der Waals surface area contributed by atoms with Crippen molar-refractivity contribution in [1.29, 1.82) is 5.26 Å². The predicted octanol–water partition coefficient (Wildman–Crippen LogP) is 3.08. The molecule has 0 aliphatic carbocycles. The van der Waals surface area contributed by atoms with E-state index in [2.05, 4.69) is 0 Å². The Bertz CT molecular complexity index is 357. The fourth-order valence-corrected chi connectivity index (χ4v) is 1.26. The third kappa shape index (κ3) is 2.23. The van der Waals surface area contributed by atoms with Gasteiger partial charge in [0.15, 0.2) is 0 Å². The maximum atomic E-state index is 13.2. The number of nitrogens with zero attached hydrogens (tertiary/aromatic N) is 1. The van der Waals surface area contributed by atoms with E-state index in [1.165, 1.54) is 6.07 Å². The van der Waals surface area contributed by atoms with Crippen molar-refractivity contribution in [2.45, 2.75) is 26.4 Å². The highest BCUT2D eigenvalue weighted by molar-refractivity contribution is 5.25. The summed E-state index contributed by atoms with van der Waals surface area (Å²) in [6, 6.07) is 4.89. The molecular weight excluding hydrogens is 181 g/mol. The van der Waals surface area contributed by atoms with Crippen LogP contribution in [0.3, 0.4) is 0 Å². The van der Waals surface area contributed by atoms with Crippen molar-refractivity contribution in [2.75, 3.05) is 0 Å². The Labute approximate surface area is 82.9 Å². The van der Waals surface area contributed by atoms with Crippen LogP contribution in [0, 0.1) is 24.3 Å². The zero-order chi connectivity index (χ0) is 10.6. The number of nitriles is 1. The Morgan fingerprint density at radius 2 is 2.29 bits per heavy atom. The van der Waals surface area contributed by atoms with Crippen molar-refractivity contribution in [3.63, 3.8) is 0 Å². The van der Waals surface area contributed by atoms with Crippen LogP contribution in [0.15, 0.2) is 18.2 Å². The first kappa shape index (κ1) is 10.5. The molecule has 0 saturated carbocycles. The van der Waals surface area contributed by atoms with Crippen LogP contribution in [-0.4, -0.2) is 0 Å². The molecule has 0 aliphatic rings. The number of hydrogen-bond donors (Lipinski definition) is 0. The van der Waals surface area contributed by atoms with Crippen LogP contribution in [0.25, 0.3) is 0 Å². The average molecular weight is 193 g/mol. The van der Waals surface area contributed by atoms with Gasteiger partial charge in [0.1, 0.15) is 11.9 Å². The van der Waals surface area contributed by atoms with Gasteiger partial charge in [-0.05, 0) is 30.5 Å². The van der Waals surface area contributed by atoms with E-state index in [0.29, 0.717) is 17.5 Å². The fraction of sp³-hybridized carbons (Fsp3) is 0.364. The highest BCUT2D eigenvalue weighted by Crippen LogP contribution is 2.22. The maximum Gasteiger partial charge on any atom is 0.286 e. The minimum absolute atomic E-state index is 0.262. The monoisotopic (exact) mass is 193 g/mol. The molecule has 2 nitrogen and oxygen atoms in total. The number of ether oxygens (including phenoxy) is 1. The Morgan fingerprint density at radius 1 is 1.57 bits per heavy atom. The molecule has 0 unspecified atom stereocenters. The van der Waals surface area contributed by atoms with E-state index in [1.807, 2.05) is 6.92 Å². The van der Waals surface area contributed by atoms with Gasteiger partial charge in [-0.1, -0.05) is 19.1 Å². The lowest BCUT2D eigenvalue weighted by Crippen LogP contribution is -2.00. The summed E-state index contributed by atoms with van der Waals surface area (Å²) in [7, 11) is 0. The maximum absolute atomic E-state index is 13.2. The van der Waals surface area contributed by atoms with Gasteiger partial charge in [0.05, 0.1) is 0 Å². The molecule has 0 aromatic heterocycles. The van der Waals surface area contributed by atoms with Crippen LogP contribution in [-0.2, 0) is 4.74 Å². The standard InChI is InChI=1S/C11H12FNO/c1-3-11(14-7-13)9-5-4-8(2)10(12)6-9/h4-6,11H,3H2,1-2H3/t11-/m1/s1. The van der Waals surface area contributed by atoms with Gasteiger partial charge in [-0.15, -0.1) is 0 Å². The SMILES string of the molecule is CC[C@@H](OC#N)c1ccc(C)c(F)c1. The second-order valence-electron chi connectivity index (χ2n) is 3.11. The molecule has 3 heteroatoms. The quantitative estimate of drug-likeness (QED) is 0.691. The van der Waals surface area contributed by atoms with Crippen LogP contribution < -0.4 is 0 Å². The van der Waals surface area contributed by atoms with Gasteiger partial charge in [-0.3, -0.25) is 0 Å². The molecule has 0 bridgehead atoms. The van der Waals surface area contributed by atoms with E-state index in [-0.39, 0.29) is 11.9 Å². The number of halogens is 1. The summed E-state index contributed by atoms with van der Waals surface area (Å²) < 4.78 is 18.0. The smallest absolute Gasteiger partial charge is 0.286 e. The van der Waals surface area contributed by atoms with Gasteiger partial charge in [0, 0.05) is 0 Å². The molecule has 0 saturated heterocycles. The summed E-state index contributed by atoms with van der Waals surface area (Å²) in [6.45, 7) is 3.59. The molecule has 0 amide bonds. The summed E-state index contributed by atoms with van der Waals surface area (Å²) in [5, 5.41) is 8.39. The zero-order valence-electron chi connectivity index (χ0n) is 8.25. The summed E-state index contributed by atoms with van der Waals surface area (Å²) >= 11 is 0. The van der Waals surface area contributed by atoms with Crippen molar-refractivity contribution < 1.29 is 9.13 Å². The highest BCUT2D eigenvalue weighted by atomic mass is 19.1. The zero-order valence-corrected chi connectivity index (χ0v) is 8.25. The third-order valence-corrected chi connectivity index (χ3v) is 2.13. The highest BCUT2D eigenvalue weighted by Gasteiger charge is 2.11. The molecular formula is C11H12FNO. The molecule has 1 aromatic carbocycles. The Balaban J connectivity index is 2.95. The van der Waals surface area contributed by atoms with E-state index < -0.39 is 0 Å². The fourth-order valence-electron chi connectivity index (χ4n) is 1.26. The average Bonchev–Trinajstić information content (AvgIpc) is 2.19. The lowest BCUT2D eigenvalue weighted by atomic mass is 10.1. The van der Waals surface area contributed by atoms with Crippen LogP contribution in [0.5, 0.6) is 0 Å². The molecule has 1 rings (SSSR count). The summed E-state index contributed by atoms with van der Waals surface area (Å²) in [5.74, 6) is -0.262. The number of hydrogen-bond acceptors (Lipinski definition) is 2. The van der Waals surface area contributed by atoms with Crippen LogP contribution in [0.2, 0.25) is 0 Å². The van der Waals surface area contributed by atoms with Gasteiger partial charge in [-0.25, -0.2) is 4.39 Å². The Kier molecular flexibility index (Phi) is 3.47. The first-order valence-corrected chi connectivity index (χ1v) is 4.49. The van der Waals surface area contributed by atoms with E-state index in [9.17, 15) is 4.39 Å². The first-order valence-electron chi connectivity index (χ1n) is 4.49. The van der Waals surface area contributed by atoms with Gasteiger partial charge in [0.2, 0.25) is 0 Å².